The summed E-state index contributed by atoms with van der Waals surface area (Å²) in [6.07, 6.45) is 0.488. The van der Waals surface area contributed by atoms with Crippen molar-refractivity contribution in [3.8, 4) is 11.5 Å². The molecule has 0 saturated heterocycles. The van der Waals surface area contributed by atoms with Crippen molar-refractivity contribution in [2.75, 3.05) is 13.7 Å². The number of ether oxygens (including phenoxy) is 3. The van der Waals surface area contributed by atoms with E-state index in [4.69, 9.17) is 14.2 Å². The smallest absolute Gasteiger partial charge is 0.346 e. The number of carbonyl (C=O) groups is 2. The highest BCUT2D eigenvalue weighted by Gasteiger charge is 2.33. The quantitative estimate of drug-likeness (QED) is 0.380. The van der Waals surface area contributed by atoms with Gasteiger partial charge in [0.2, 0.25) is 6.10 Å². The molecule has 9 heteroatoms. The SMILES string of the molecule is CCOc1cc([N+](=O)[O-])c(C(=O)O[C@H](C(=O)NC2CC2)c2ccccc2)cc1OC. The zero-order valence-corrected chi connectivity index (χ0v) is 16.6. The standard InChI is InChI=1S/C21H22N2O7/c1-3-29-18-12-16(23(26)27)15(11-17(18)28-2)21(25)30-19(13-7-5-4-6-8-13)20(24)22-14-9-10-14/h4-8,11-12,14,19H,3,9-10H2,1-2H3,(H,22,24)/t19-/m0/s1. The molecule has 1 aliphatic rings. The summed E-state index contributed by atoms with van der Waals surface area (Å²) >= 11 is 0. The van der Waals surface area contributed by atoms with E-state index in [1.165, 1.54) is 13.2 Å². The largest absolute Gasteiger partial charge is 0.493 e. The molecule has 0 radical (unpaired) electrons. The van der Waals surface area contributed by atoms with Gasteiger partial charge in [-0.15, -0.1) is 0 Å². The second-order valence-corrected chi connectivity index (χ2v) is 6.69. The van der Waals surface area contributed by atoms with Crippen LogP contribution in [0, 0.1) is 10.1 Å². The maximum absolute atomic E-state index is 12.9. The molecule has 0 heterocycles. The average Bonchev–Trinajstić information content (AvgIpc) is 3.56. The minimum absolute atomic E-state index is 0.0577. The highest BCUT2D eigenvalue weighted by molar-refractivity contribution is 5.97. The Morgan fingerprint density at radius 3 is 2.47 bits per heavy atom. The van der Waals surface area contributed by atoms with E-state index < -0.39 is 28.6 Å². The Morgan fingerprint density at radius 2 is 1.90 bits per heavy atom. The van der Waals surface area contributed by atoms with Gasteiger partial charge >= 0.3 is 5.97 Å². The Balaban J connectivity index is 1.94. The third kappa shape index (κ3) is 4.86. The summed E-state index contributed by atoms with van der Waals surface area (Å²) in [5.41, 5.74) is -0.372. The molecule has 0 unspecified atom stereocenters. The lowest BCUT2D eigenvalue weighted by molar-refractivity contribution is -0.385. The van der Waals surface area contributed by atoms with Crippen LogP contribution in [0.4, 0.5) is 5.69 Å². The van der Waals surface area contributed by atoms with E-state index in [1.54, 1.807) is 37.3 Å². The minimum atomic E-state index is -1.24. The minimum Gasteiger partial charge on any atom is -0.493 e. The Labute approximate surface area is 173 Å². The fourth-order valence-electron chi connectivity index (χ4n) is 2.87. The van der Waals surface area contributed by atoms with Crippen molar-refractivity contribution in [2.24, 2.45) is 0 Å². The first-order chi connectivity index (χ1) is 14.4. The maximum atomic E-state index is 12.9. The van der Waals surface area contributed by atoms with Crippen molar-refractivity contribution in [2.45, 2.75) is 31.9 Å². The predicted octanol–water partition coefficient (Wildman–Crippen LogP) is 3.18. The Kier molecular flexibility index (Phi) is 6.51. The van der Waals surface area contributed by atoms with Gasteiger partial charge in [-0.3, -0.25) is 14.9 Å². The average molecular weight is 414 g/mol. The second kappa shape index (κ2) is 9.25. The van der Waals surface area contributed by atoms with Crippen LogP contribution in [0.25, 0.3) is 0 Å². The van der Waals surface area contributed by atoms with E-state index in [1.807, 2.05) is 0 Å². The molecular formula is C21H22N2O7. The van der Waals surface area contributed by atoms with Crippen LogP contribution in [0.2, 0.25) is 0 Å². The number of benzene rings is 2. The zero-order chi connectivity index (χ0) is 21.7. The number of nitro benzene ring substituents is 1. The van der Waals surface area contributed by atoms with Crippen molar-refractivity contribution in [1.82, 2.24) is 5.32 Å². The number of methoxy groups -OCH3 is 1. The molecule has 3 rings (SSSR count). The summed E-state index contributed by atoms with van der Waals surface area (Å²) < 4.78 is 16.0. The number of nitrogens with zero attached hydrogens (tertiary/aromatic N) is 1. The lowest BCUT2D eigenvalue weighted by atomic mass is 10.1. The van der Waals surface area contributed by atoms with Gasteiger partial charge in [0, 0.05) is 17.7 Å². The van der Waals surface area contributed by atoms with E-state index in [0.29, 0.717) is 5.56 Å². The van der Waals surface area contributed by atoms with Crippen LogP contribution < -0.4 is 14.8 Å². The fourth-order valence-corrected chi connectivity index (χ4v) is 2.87. The van der Waals surface area contributed by atoms with E-state index in [9.17, 15) is 19.7 Å². The second-order valence-electron chi connectivity index (χ2n) is 6.69. The van der Waals surface area contributed by atoms with E-state index in [2.05, 4.69) is 5.32 Å². The van der Waals surface area contributed by atoms with E-state index >= 15 is 0 Å². The van der Waals surface area contributed by atoms with Gasteiger partial charge in [0.05, 0.1) is 24.7 Å². The summed E-state index contributed by atoms with van der Waals surface area (Å²) in [5, 5.41) is 14.3. The molecule has 1 amide bonds. The number of rotatable bonds is 9. The lowest BCUT2D eigenvalue weighted by Crippen LogP contribution is -2.33. The molecule has 1 saturated carbocycles. The Morgan fingerprint density at radius 1 is 1.20 bits per heavy atom. The third-order valence-electron chi connectivity index (χ3n) is 4.49. The molecule has 0 aromatic heterocycles. The number of nitro groups is 1. The third-order valence-corrected chi connectivity index (χ3v) is 4.49. The number of esters is 1. The first kappa shape index (κ1) is 21.1. The van der Waals surface area contributed by atoms with Gasteiger partial charge in [-0.05, 0) is 19.8 Å². The van der Waals surface area contributed by atoms with E-state index in [-0.39, 0.29) is 29.7 Å². The number of hydrogen-bond acceptors (Lipinski definition) is 7. The lowest BCUT2D eigenvalue weighted by Gasteiger charge is -2.18. The summed E-state index contributed by atoms with van der Waals surface area (Å²) in [6.45, 7) is 1.98. The molecule has 1 fully saturated rings. The van der Waals surface area contributed by atoms with Gasteiger partial charge < -0.3 is 19.5 Å². The Bertz CT molecular complexity index is 942. The molecule has 0 bridgehead atoms. The number of carbonyl (C=O) groups excluding carboxylic acids is 2. The molecule has 2 aromatic carbocycles. The molecule has 2 aromatic rings. The number of hydrogen-bond donors (Lipinski definition) is 1. The highest BCUT2D eigenvalue weighted by atomic mass is 16.6. The fraction of sp³-hybridized carbons (Fsp3) is 0.333. The van der Waals surface area contributed by atoms with Crippen molar-refractivity contribution < 1.29 is 28.7 Å². The molecule has 30 heavy (non-hydrogen) atoms. The number of amides is 1. The molecule has 1 N–H and O–H groups in total. The van der Waals surface area contributed by atoms with Crippen LogP contribution in [0.5, 0.6) is 11.5 Å². The van der Waals surface area contributed by atoms with Crippen molar-refractivity contribution >= 4 is 17.6 Å². The topological polar surface area (TPSA) is 117 Å². The molecule has 0 aliphatic heterocycles. The maximum Gasteiger partial charge on any atom is 0.346 e. The molecule has 0 spiro atoms. The predicted molar refractivity (Wildman–Crippen MR) is 107 cm³/mol. The van der Waals surface area contributed by atoms with Crippen molar-refractivity contribution in [3.63, 3.8) is 0 Å². The van der Waals surface area contributed by atoms with Gasteiger partial charge in [-0.1, -0.05) is 30.3 Å². The molecule has 1 aliphatic carbocycles. The molecular weight excluding hydrogens is 392 g/mol. The van der Waals surface area contributed by atoms with Gasteiger partial charge in [-0.2, -0.15) is 0 Å². The molecule has 158 valence electrons. The normalized spacial score (nSPS) is 13.8. The van der Waals surface area contributed by atoms with Gasteiger partial charge in [0.1, 0.15) is 5.56 Å². The van der Waals surface area contributed by atoms with Gasteiger partial charge in [-0.25, -0.2) is 4.79 Å². The van der Waals surface area contributed by atoms with Crippen LogP contribution in [-0.2, 0) is 9.53 Å². The van der Waals surface area contributed by atoms with Gasteiger partial charge in [0.15, 0.2) is 11.5 Å². The summed E-state index contributed by atoms with van der Waals surface area (Å²) in [4.78, 5) is 36.4. The highest BCUT2D eigenvalue weighted by Crippen LogP contribution is 2.36. The number of nitrogens with one attached hydrogen (secondary N) is 1. The summed E-state index contributed by atoms with van der Waals surface area (Å²) in [5.74, 6) is -1.21. The first-order valence-corrected chi connectivity index (χ1v) is 9.50. The molecule has 1 atom stereocenters. The van der Waals surface area contributed by atoms with Crippen LogP contribution in [0.3, 0.4) is 0 Å². The summed E-state index contributed by atoms with van der Waals surface area (Å²) in [6, 6.07) is 10.8. The van der Waals surface area contributed by atoms with Crippen LogP contribution in [0.1, 0.15) is 41.8 Å². The Hall–Kier alpha value is -3.62. The monoisotopic (exact) mass is 414 g/mol. The molecule has 9 nitrogen and oxygen atoms in total. The van der Waals surface area contributed by atoms with E-state index in [0.717, 1.165) is 18.9 Å². The summed E-state index contributed by atoms with van der Waals surface area (Å²) in [7, 11) is 1.36. The van der Waals surface area contributed by atoms with Crippen LogP contribution in [0.15, 0.2) is 42.5 Å². The first-order valence-electron chi connectivity index (χ1n) is 9.50. The van der Waals surface area contributed by atoms with Crippen molar-refractivity contribution in [3.05, 3.63) is 63.7 Å². The van der Waals surface area contributed by atoms with Crippen molar-refractivity contribution in [1.29, 1.82) is 0 Å². The zero-order valence-electron chi connectivity index (χ0n) is 16.6. The van der Waals surface area contributed by atoms with Crippen LogP contribution >= 0.6 is 0 Å². The van der Waals surface area contributed by atoms with Gasteiger partial charge in [0.25, 0.3) is 11.6 Å². The van der Waals surface area contributed by atoms with Crippen LogP contribution in [-0.4, -0.2) is 36.6 Å².